The zero-order valence-corrected chi connectivity index (χ0v) is 12.9. The summed E-state index contributed by atoms with van der Waals surface area (Å²) >= 11 is 0. The van der Waals surface area contributed by atoms with Crippen molar-refractivity contribution in [1.82, 2.24) is 4.90 Å². The molecule has 0 amide bonds. The van der Waals surface area contributed by atoms with Crippen LogP contribution in [0.3, 0.4) is 0 Å². The molecule has 3 heteroatoms. The van der Waals surface area contributed by atoms with Crippen molar-refractivity contribution in [3.05, 3.63) is 35.4 Å². The van der Waals surface area contributed by atoms with Gasteiger partial charge in [0.15, 0.2) is 0 Å². The highest BCUT2D eigenvalue weighted by Gasteiger charge is 2.32. The van der Waals surface area contributed by atoms with Crippen LogP contribution in [0, 0.1) is 0 Å². The van der Waals surface area contributed by atoms with E-state index in [0.29, 0.717) is 5.92 Å². The number of benzene rings is 1. The summed E-state index contributed by atoms with van der Waals surface area (Å²) in [5, 5.41) is 0. The Morgan fingerprint density at radius 1 is 1.24 bits per heavy atom. The maximum absolute atomic E-state index is 12.0. The molecule has 1 heterocycles. The monoisotopic (exact) mass is 287 g/mol. The average Bonchev–Trinajstić information content (AvgIpc) is 2.55. The van der Waals surface area contributed by atoms with E-state index >= 15 is 0 Å². The van der Waals surface area contributed by atoms with E-state index in [1.165, 1.54) is 43.9 Å². The fourth-order valence-corrected chi connectivity index (χ4v) is 3.94. The Hall–Kier alpha value is -1.35. The van der Waals surface area contributed by atoms with Crippen molar-refractivity contribution >= 4 is 5.97 Å². The molecule has 0 bridgehead atoms. The molecule has 1 aliphatic carbocycles. The summed E-state index contributed by atoms with van der Waals surface area (Å²) in [7, 11) is 1.50. The SMILES string of the molecule is COC(=O)C1CCCCN1CC1CCCc2ccccc21. The molecule has 0 aromatic heterocycles. The number of carbonyl (C=O) groups is 1. The second-order valence-corrected chi connectivity index (χ2v) is 6.32. The molecular formula is C18H25NO2. The van der Waals surface area contributed by atoms with Crippen LogP contribution >= 0.6 is 0 Å². The van der Waals surface area contributed by atoms with Crippen LogP contribution in [-0.4, -0.2) is 37.1 Å². The molecular weight excluding hydrogens is 262 g/mol. The molecule has 1 aromatic rings. The van der Waals surface area contributed by atoms with Gasteiger partial charge in [0.2, 0.25) is 0 Å². The van der Waals surface area contributed by atoms with Crippen LogP contribution in [0.15, 0.2) is 24.3 Å². The fraction of sp³-hybridized carbons (Fsp3) is 0.611. The van der Waals surface area contributed by atoms with Crippen molar-refractivity contribution < 1.29 is 9.53 Å². The summed E-state index contributed by atoms with van der Waals surface area (Å²) in [6.07, 6.45) is 6.98. The molecule has 2 atom stereocenters. The Labute approximate surface area is 127 Å². The van der Waals surface area contributed by atoms with Gasteiger partial charge in [0.05, 0.1) is 7.11 Å². The lowest BCUT2D eigenvalue weighted by Crippen LogP contribution is -2.47. The highest BCUT2D eigenvalue weighted by Crippen LogP contribution is 2.33. The first kappa shape index (κ1) is 14.6. The van der Waals surface area contributed by atoms with Crippen LogP contribution in [0.2, 0.25) is 0 Å². The van der Waals surface area contributed by atoms with Gasteiger partial charge in [-0.25, -0.2) is 0 Å². The summed E-state index contributed by atoms with van der Waals surface area (Å²) in [5.41, 5.74) is 3.00. The molecule has 1 fully saturated rings. The van der Waals surface area contributed by atoms with Gasteiger partial charge in [-0.1, -0.05) is 30.7 Å². The highest BCUT2D eigenvalue weighted by molar-refractivity contribution is 5.75. The van der Waals surface area contributed by atoms with Crippen molar-refractivity contribution in [2.45, 2.75) is 50.5 Å². The standard InChI is InChI=1S/C18H25NO2/c1-21-18(20)17-11-4-5-12-19(17)13-15-9-6-8-14-7-2-3-10-16(14)15/h2-3,7,10,15,17H,4-6,8-9,11-13H2,1H3. The van der Waals surface area contributed by atoms with Crippen molar-refractivity contribution in [2.24, 2.45) is 0 Å². The van der Waals surface area contributed by atoms with Crippen molar-refractivity contribution in [2.75, 3.05) is 20.2 Å². The van der Waals surface area contributed by atoms with Crippen molar-refractivity contribution in [3.63, 3.8) is 0 Å². The van der Waals surface area contributed by atoms with Crippen LogP contribution in [0.25, 0.3) is 0 Å². The Bertz CT molecular complexity index is 500. The first-order chi connectivity index (χ1) is 10.3. The Morgan fingerprint density at radius 3 is 2.95 bits per heavy atom. The highest BCUT2D eigenvalue weighted by atomic mass is 16.5. The van der Waals surface area contributed by atoms with Crippen molar-refractivity contribution in [1.29, 1.82) is 0 Å². The smallest absolute Gasteiger partial charge is 0.323 e. The number of fused-ring (bicyclic) bond motifs is 1. The Kier molecular flexibility index (Phi) is 4.59. The van der Waals surface area contributed by atoms with Gasteiger partial charge in [0, 0.05) is 6.54 Å². The van der Waals surface area contributed by atoms with Crippen LogP contribution in [0.4, 0.5) is 0 Å². The summed E-state index contributed by atoms with van der Waals surface area (Å²) in [4.78, 5) is 14.4. The molecule has 1 aliphatic heterocycles. The van der Waals surface area contributed by atoms with Crippen LogP contribution < -0.4 is 0 Å². The van der Waals surface area contributed by atoms with E-state index in [1.807, 2.05) is 0 Å². The Morgan fingerprint density at radius 2 is 2.10 bits per heavy atom. The van der Waals surface area contributed by atoms with Crippen LogP contribution in [0.5, 0.6) is 0 Å². The molecule has 3 nitrogen and oxygen atoms in total. The van der Waals surface area contributed by atoms with Gasteiger partial charge in [-0.2, -0.15) is 0 Å². The second kappa shape index (κ2) is 6.61. The molecule has 1 aromatic carbocycles. The van der Waals surface area contributed by atoms with Gasteiger partial charge in [0.25, 0.3) is 0 Å². The van der Waals surface area contributed by atoms with E-state index in [0.717, 1.165) is 25.9 Å². The summed E-state index contributed by atoms with van der Waals surface area (Å²) in [5.74, 6) is 0.513. The number of likely N-dealkylation sites (tertiary alicyclic amines) is 1. The van der Waals surface area contributed by atoms with Gasteiger partial charge < -0.3 is 4.74 Å². The number of hydrogen-bond acceptors (Lipinski definition) is 3. The minimum absolute atomic E-state index is 0.0298. The minimum Gasteiger partial charge on any atom is -0.468 e. The van der Waals surface area contributed by atoms with Crippen LogP contribution in [0.1, 0.15) is 49.1 Å². The maximum Gasteiger partial charge on any atom is 0.323 e. The van der Waals surface area contributed by atoms with Gasteiger partial charge in [0.1, 0.15) is 6.04 Å². The molecule has 2 unspecified atom stereocenters. The van der Waals surface area contributed by atoms with E-state index in [-0.39, 0.29) is 12.0 Å². The first-order valence-electron chi connectivity index (χ1n) is 8.19. The predicted octanol–water partition coefficient (Wildman–Crippen LogP) is 3.13. The molecule has 1 saturated heterocycles. The molecule has 2 aliphatic rings. The number of methoxy groups -OCH3 is 1. The number of piperidine rings is 1. The molecule has 0 N–H and O–H groups in total. The topological polar surface area (TPSA) is 29.5 Å². The van der Waals surface area contributed by atoms with E-state index in [2.05, 4.69) is 29.2 Å². The predicted molar refractivity (Wildman–Crippen MR) is 83.3 cm³/mol. The zero-order chi connectivity index (χ0) is 14.7. The van der Waals surface area contributed by atoms with Crippen LogP contribution in [-0.2, 0) is 16.0 Å². The molecule has 21 heavy (non-hydrogen) atoms. The summed E-state index contributed by atoms with van der Waals surface area (Å²) < 4.78 is 5.00. The third-order valence-electron chi connectivity index (χ3n) is 5.04. The number of nitrogens with zero attached hydrogens (tertiary/aromatic N) is 1. The average molecular weight is 287 g/mol. The van der Waals surface area contributed by atoms with E-state index in [9.17, 15) is 4.79 Å². The second-order valence-electron chi connectivity index (χ2n) is 6.32. The van der Waals surface area contributed by atoms with E-state index in [4.69, 9.17) is 4.74 Å². The lowest BCUT2D eigenvalue weighted by atomic mass is 9.82. The molecule has 114 valence electrons. The van der Waals surface area contributed by atoms with E-state index < -0.39 is 0 Å². The number of carbonyl (C=O) groups excluding carboxylic acids is 1. The minimum atomic E-state index is -0.0567. The summed E-state index contributed by atoms with van der Waals surface area (Å²) in [6.45, 7) is 2.02. The number of hydrogen-bond donors (Lipinski definition) is 0. The Balaban J connectivity index is 1.75. The zero-order valence-electron chi connectivity index (χ0n) is 12.9. The van der Waals surface area contributed by atoms with Gasteiger partial charge in [-0.15, -0.1) is 0 Å². The van der Waals surface area contributed by atoms with Gasteiger partial charge in [-0.3, -0.25) is 9.69 Å². The number of esters is 1. The lowest BCUT2D eigenvalue weighted by molar-refractivity contribution is -0.148. The fourth-order valence-electron chi connectivity index (χ4n) is 3.94. The summed E-state index contributed by atoms with van der Waals surface area (Å²) in [6, 6.07) is 8.79. The number of ether oxygens (including phenoxy) is 1. The van der Waals surface area contributed by atoms with Gasteiger partial charge >= 0.3 is 5.97 Å². The number of rotatable bonds is 3. The van der Waals surface area contributed by atoms with Gasteiger partial charge in [-0.05, 0) is 55.7 Å². The maximum atomic E-state index is 12.0. The molecule has 3 rings (SSSR count). The normalized spacial score (nSPS) is 26.1. The third kappa shape index (κ3) is 3.13. The lowest BCUT2D eigenvalue weighted by Gasteiger charge is -2.37. The largest absolute Gasteiger partial charge is 0.468 e. The third-order valence-corrected chi connectivity index (χ3v) is 5.04. The quantitative estimate of drug-likeness (QED) is 0.800. The first-order valence-corrected chi connectivity index (χ1v) is 8.19. The molecule has 0 saturated carbocycles. The number of aryl methyl sites for hydroxylation is 1. The molecule has 0 radical (unpaired) electrons. The van der Waals surface area contributed by atoms with Crippen molar-refractivity contribution in [3.8, 4) is 0 Å². The van der Waals surface area contributed by atoms with E-state index in [1.54, 1.807) is 0 Å². The molecule has 0 spiro atoms.